The SMILES string of the molecule is O=c1cc(-c2ccoc2)c2ccccc2o1. The van der Waals surface area contributed by atoms with Crippen molar-refractivity contribution in [1.29, 1.82) is 0 Å². The topological polar surface area (TPSA) is 43.4 Å². The molecule has 78 valence electrons. The van der Waals surface area contributed by atoms with Crippen molar-refractivity contribution >= 4 is 11.0 Å². The Labute approximate surface area is 90.9 Å². The molecule has 0 N–H and O–H groups in total. The molecular weight excluding hydrogens is 204 g/mol. The summed E-state index contributed by atoms with van der Waals surface area (Å²) in [7, 11) is 0. The fourth-order valence-electron chi connectivity index (χ4n) is 1.77. The molecule has 3 aromatic rings. The molecule has 3 heteroatoms. The Balaban J connectivity index is 2.44. The second-order valence-corrected chi connectivity index (χ2v) is 3.49. The van der Waals surface area contributed by atoms with Crippen molar-refractivity contribution in [2.24, 2.45) is 0 Å². The minimum absolute atomic E-state index is 0.352. The first-order valence-electron chi connectivity index (χ1n) is 4.90. The Hall–Kier alpha value is -2.29. The van der Waals surface area contributed by atoms with E-state index in [1.807, 2.05) is 24.3 Å². The molecule has 0 radical (unpaired) electrons. The maximum absolute atomic E-state index is 11.4. The molecule has 0 aliphatic rings. The van der Waals surface area contributed by atoms with E-state index in [1.54, 1.807) is 18.6 Å². The zero-order chi connectivity index (χ0) is 11.0. The second kappa shape index (κ2) is 3.38. The molecule has 0 fully saturated rings. The third-order valence-corrected chi connectivity index (χ3v) is 2.48. The molecule has 0 aliphatic heterocycles. The van der Waals surface area contributed by atoms with Gasteiger partial charge in [0.05, 0.1) is 12.5 Å². The fraction of sp³-hybridized carbons (Fsp3) is 0. The van der Waals surface area contributed by atoms with Gasteiger partial charge < -0.3 is 8.83 Å². The standard InChI is InChI=1S/C13H8O3/c14-13-7-11(9-5-6-15-8-9)10-3-1-2-4-12(10)16-13/h1-8H. The lowest BCUT2D eigenvalue weighted by Gasteiger charge is -2.01. The van der Waals surface area contributed by atoms with Crippen molar-refractivity contribution in [1.82, 2.24) is 0 Å². The van der Waals surface area contributed by atoms with E-state index in [-0.39, 0.29) is 5.63 Å². The molecule has 0 spiro atoms. The summed E-state index contributed by atoms with van der Waals surface area (Å²) in [6, 6.07) is 10.7. The molecule has 0 unspecified atom stereocenters. The van der Waals surface area contributed by atoms with Gasteiger partial charge in [-0.1, -0.05) is 18.2 Å². The molecule has 2 heterocycles. The van der Waals surface area contributed by atoms with E-state index in [2.05, 4.69) is 0 Å². The number of fused-ring (bicyclic) bond motifs is 1. The van der Waals surface area contributed by atoms with E-state index in [9.17, 15) is 4.79 Å². The first-order valence-corrected chi connectivity index (χ1v) is 4.90. The molecule has 0 aliphatic carbocycles. The van der Waals surface area contributed by atoms with Crippen LogP contribution in [-0.4, -0.2) is 0 Å². The number of benzene rings is 1. The lowest BCUT2D eigenvalue weighted by molar-refractivity contribution is 0.561. The summed E-state index contributed by atoms with van der Waals surface area (Å²) in [5.74, 6) is 0. The average Bonchev–Trinajstić information content (AvgIpc) is 2.81. The van der Waals surface area contributed by atoms with Crippen LogP contribution < -0.4 is 5.63 Å². The molecule has 0 amide bonds. The summed E-state index contributed by atoms with van der Waals surface area (Å²) in [6.07, 6.45) is 3.19. The van der Waals surface area contributed by atoms with E-state index in [1.165, 1.54) is 6.07 Å². The van der Waals surface area contributed by atoms with Gasteiger partial charge in [-0.05, 0) is 12.1 Å². The molecule has 3 nitrogen and oxygen atoms in total. The van der Waals surface area contributed by atoms with E-state index >= 15 is 0 Å². The van der Waals surface area contributed by atoms with Gasteiger partial charge in [0.25, 0.3) is 0 Å². The van der Waals surface area contributed by atoms with Crippen molar-refractivity contribution in [2.75, 3.05) is 0 Å². The van der Waals surface area contributed by atoms with Crippen LogP contribution in [0, 0.1) is 0 Å². The minimum atomic E-state index is -0.352. The Morgan fingerprint density at radius 3 is 2.75 bits per heavy atom. The van der Waals surface area contributed by atoms with Crippen molar-refractivity contribution in [2.45, 2.75) is 0 Å². The third-order valence-electron chi connectivity index (χ3n) is 2.48. The number of para-hydroxylation sites is 1. The normalized spacial score (nSPS) is 10.8. The Morgan fingerprint density at radius 2 is 1.94 bits per heavy atom. The molecule has 0 saturated heterocycles. The minimum Gasteiger partial charge on any atom is -0.472 e. The molecular formula is C13H8O3. The predicted molar refractivity (Wildman–Crippen MR) is 60.2 cm³/mol. The number of furan rings is 1. The number of rotatable bonds is 1. The van der Waals surface area contributed by atoms with Gasteiger partial charge in [-0.15, -0.1) is 0 Å². The molecule has 1 aromatic carbocycles. The summed E-state index contributed by atoms with van der Waals surface area (Å²) in [4.78, 5) is 11.4. The first-order chi connectivity index (χ1) is 7.84. The van der Waals surface area contributed by atoms with Gasteiger partial charge in [0.1, 0.15) is 5.58 Å². The third kappa shape index (κ3) is 1.34. The molecule has 0 saturated carbocycles. The van der Waals surface area contributed by atoms with Crippen LogP contribution in [-0.2, 0) is 0 Å². The lowest BCUT2D eigenvalue weighted by Crippen LogP contribution is -1.97. The highest BCUT2D eigenvalue weighted by molar-refractivity contribution is 5.92. The van der Waals surface area contributed by atoms with Gasteiger partial charge in [-0.2, -0.15) is 0 Å². The van der Waals surface area contributed by atoms with Crippen LogP contribution in [0.15, 0.2) is 62.6 Å². The number of hydrogen-bond donors (Lipinski definition) is 0. The van der Waals surface area contributed by atoms with Crippen LogP contribution in [0.25, 0.3) is 22.1 Å². The molecule has 16 heavy (non-hydrogen) atoms. The van der Waals surface area contributed by atoms with Crippen LogP contribution in [0.1, 0.15) is 0 Å². The van der Waals surface area contributed by atoms with Crippen molar-refractivity contribution in [3.63, 3.8) is 0 Å². The molecule has 3 rings (SSSR count). The van der Waals surface area contributed by atoms with Gasteiger partial charge in [-0.3, -0.25) is 0 Å². The highest BCUT2D eigenvalue weighted by atomic mass is 16.4. The smallest absolute Gasteiger partial charge is 0.336 e. The molecule has 2 aromatic heterocycles. The monoisotopic (exact) mass is 212 g/mol. The molecule has 0 bridgehead atoms. The quantitative estimate of drug-likeness (QED) is 0.582. The van der Waals surface area contributed by atoms with Gasteiger partial charge in [0.15, 0.2) is 0 Å². The summed E-state index contributed by atoms with van der Waals surface area (Å²) in [6.45, 7) is 0. The van der Waals surface area contributed by atoms with Crippen LogP contribution in [0.5, 0.6) is 0 Å². The summed E-state index contributed by atoms with van der Waals surface area (Å²) >= 11 is 0. The zero-order valence-electron chi connectivity index (χ0n) is 8.34. The van der Waals surface area contributed by atoms with Crippen molar-refractivity contribution < 1.29 is 8.83 Å². The lowest BCUT2D eigenvalue weighted by atomic mass is 10.1. The second-order valence-electron chi connectivity index (χ2n) is 3.49. The van der Waals surface area contributed by atoms with Crippen LogP contribution in [0.2, 0.25) is 0 Å². The fourth-order valence-corrected chi connectivity index (χ4v) is 1.77. The van der Waals surface area contributed by atoms with E-state index in [0.29, 0.717) is 5.58 Å². The van der Waals surface area contributed by atoms with E-state index in [0.717, 1.165) is 16.5 Å². The number of hydrogen-bond acceptors (Lipinski definition) is 3. The maximum atomic E-state index is 11.4. The molecule has 0 atom stereocenters. The Morgan fingerprint density at radius 1 is 1.06 bits per heavy atom. The van der Waals surface area contributed by atoms with Crippen LogP contribution in [0.3, 0.4) is 0 Å². The Bertz CT molecular complexity index is 678. The maximum Gasteiger partial charge on any atom is 0.336 e. The van der Waals surface area contributed by atoms with Crippen molar-refractivity contribution in [3.8, 4) is 11.1 Å². The van der Waals surface area contributed by atoms with Gasteiger partial charge in [-0.25, -0.2) is 4.79 Å². The van der Waals surface area contributed by atoms with Gasteiger partial charge in [0, 0.05) is 22.6 Å². The van der Waals surface area contributed by atoms with E-state index < -0.39 is 0 Å². The van der Waals surface area contributed by atoms with Crippen LogP contribution in [0.4, 0.5) is 0 Å². The van der Waals surface area contributed by atoms with Crippen molar-refractivity contribution in [3.05, 3.63) is 59.3 Å². The Kier molecular flexibility index (Phi) is 1.90. The first kappa shape index (κ1) is 8.97. The zero-order valence-corrected chi connectivity index (χ0v) is 8.34. The van der Waals surface area contributed by atoms with Gasteiger partial charge in [0.2, 0.25) is 0 Å². The average molecular weight is 212 g/mol. The van der Waals surface area contributed by atoms with Gasteiger partial charge >= 0.3 is 5.63 Å². The van der Waals surface area contributed by atoms with E-state index in [4.69, 9.17) is 8.83 Å². The van der Waals surface area contributed by atoms with Crippen LogP contribution >= 0.6 is 0 Å². The predicted octanol–water partition coefficient (Wildman–Crippen LogP) is 3.05. The summed E-state index contributed by atoms with van der Waals surface area (Å²) < 4.78 is 10.1. The highest BCUT2D eigenvalue weighted by Crippen LogP contribution is 2.26. The highest BCUT2D eigenvalue weighted by Gasteiger charge is 2.07. The summed E-state index contributed by atoms with van der Waals surface area (Å²) in [5, 5.41) is 0.906. The summed E-state index contributed by atoms with van der Waals surface area (Å²) in [5.41, 5.74) is 1.95. The largest absolute Gasteiger partial charge is 0.472 e.